The van der Waals surface area contributed by atoms with Crippen molar-refractivity contribution in [2.45, 2.75) is 30.5 Å². The number of carboxylic acid groups (broad SMARTS) is 2. The Bertz CT molecular complexity index is 1280. The number of fused-ring (bicyclic) bond motifs is 1. The van der Waals surface area contributed by atoms with Gasteiger partial charge in [0.15, 0.2) is 24.1 Å². The first kappa shape index (κ1) is 25.1. The van der Waals surface area contributed by atoms with Crippen molar-refractivity contribution in [1.82, 2.24) is 19.6 Å². The molecule has 4 heterocycles. The van der Waals surface area contributed by atoms with Gasteiger partial charge in [-0.25, -0.2) is 14.2 Å². The maximum atomic E-state index is 13.4. The molecule has 0 spiro atoms. The lowest BCUT2D eigenvalue weighted by Gasteiger charge is -2.53. The number of nitrogen functional groups attached to an aromatic ring is 1. The van der Waals surface area contributed by atoms with Gasteiger partial charge in [0, 0.05) is 35.6 Å². The fourth-order valence-corrected chi connectivity index (χ4v) is 5.19. The van der Waals surface area contributed by atoms with Gasteiger partial charge in [0.05, 0.1) is 5.56 Å². The lowest BCUT2D eigenvalue weighted by Crippen LogP contribution is -2.82. The molecule has 14 nitrogen and oxygen atoms in total. The van der Waals surface area contributed by atoms with Crippen LogP contribution in [0.2, 0.25) is 0 Å². The van der Waals surface area contributed by atoms with Crippen molar-refractivity contribution in [2.75, 3.05) is 11.5 Å². The molecule has 2 aromatic rings. The van der Waals surface area contributed by atoms with Crippen molar-refractivity contribution in [2.24, 2.45) is 5.16 Å². The molecular weight excluding hydrogens is 514 g/mol. The zero-order valence-corrected chi connectivity index (χ0v) is 20.2. The van der Waals surface area contributed by atoms with E-state index < -0.39 is 46.5 Å². The molecule has 0 bridgehead atoms. The fourth-order valence-electron chi connectivity index (χ4n) is 3.53. The first-order valence-corrected chi connectivity index (χ1v) is 12.2. The standard InChI is InChI=1S/C20H19N7O7S2/c1-10(15(29)30)34-24-12(13-22-19(21)36-25-13)14(28)23-20(17(33)27-5-2-8-35-18(20)27)9-26-6-3-11(4-7-26)16(31)32/h2-7,10,18H,8-9H2,1H3,(H4-,21,22,23,25,28,29,30,31,32)/p+1/t10?,18-,20?/m0/s1. The summed E-state index contributed by atoms with van der Waals surface area (Å²) in [4.78, 5) is 59.4. The van der Waals surface area contributed by atoms with Crippen LogP contribution in [-0.2, 0) is 25.8 Å². The number of β-lactam (4-membered cyclic amide) rings is 1. The number of anilines is 1. The number of pyridine rings is 1. The number of carbonyl (C=O) groups is 4. The minimum absolute atomic E-state index is 0.0220. The topological polar surface area (TPSA) is 201 Å². The SMILES string of the molecule is CC(ON=C(C(=O)NC1(C[n+]2ccc(C(=O)O)cc2)C(=O)N2C=CCS[C@H]21)c1nsc(N)n1)C(=O)O. The molecule has 1 fully saturated rings. The van der Waals surface area contributed by atoms with Crippen LogP contribution in [0, 0.1) is 0 Å². The maximum Gasteiger partial charge on any atom is 0.347 e. The zero-order valence-electron chi connectivity index (χ0n) is 18.6. The summed E-state index contributed by atoms with van der Waals surface area (Å²) in [7, 11) is 0. The number of carbonyl (C=O) groups excluding carboxylic acids is 2. The number of nitrogens with one attached hydrogen (secondary N) is 1. The third kappa shape index (κ3) is 4.72. The van der Waals surface area contributed by atoms with Crippen LogP contribution in [0.1, 0.15) is 23.1 Å². The average Bonchev–Trinajstić information content (AvgIpc) is 3.29. The molecule has 0 aromatic carbocycles. The van der Waals surface area contributed by atoms with Gasteiger partial charge in [-0.15, -0.1) is 11.8 Å². The third-order valence-corrected chi connectivity index (χ3v) is 7.20. The largest absolute Gasteiger partial charge is 0.478 e. The van der Waals surface area contributed by atoms with E-state index in [1.807, 2.05) is 6.08 Å². The Balaban J connectivity index is 1.67. The number of aromatic carboxylic acids is 1. The molecule has 16 heteroatoms. The summed E-state index contributed by atoms with van der Waals surface area (Å²) in [6.07, 6.45) is 5.07. The molecule has 0 radical (unpaired) electrons. The molecule has 2 aromatic heterocycles. The van der Waals surface area contributed by atoms with E-state index in [0.29, 0.717) is 5.75 Å². The number of nitrogens with two attached hydrogens (primary N) is 1. The maximum absolute atomic E-state index is 13.4. The van der Waals surface area contributed by atoms with E-state index >= 15 is 0 Å². The van der Waals surface area contributed by atoms with Gasteiger partial charge < -0.3 is 31.0 Å². The summed E-state index contributed by atoms with van der Waals surface area (Å²) in [5.41, 5.74) is 3.80. The van der Waals surface area contributed by atoms with Crippen LogP contribution in [0.25, 0.3) is 0 Å². The van der Waals surface area contributed by atoms with Crippen LogP contribution >= 0.6 is 23.3 Å². The third-order valence-electron chi connectivity index (χ3n) is 5.33. The van der Waals surface area contributed by atoms with Crippen LogP contribution in [0.5, 0.6) is 0 Å². The first-order valence-electron chi connectivity index (χ1n) is 10.3. The lowest BCUT2D eigenvalue weighted by molar-refractivity contribution is -0.704. The van der Waals surface area contributed by atoms with Crippen LogP contribution in [0.15, 0.2) is 42.0 Å². The van der Waals surface area contributed by atoms with Gasteiger partial charge >= 0.3 is 11.9 Å². The lowest BCUT2D eigenvalue weighted by atomic mass is 9.87. The van der Waals surface area contributed by atoms with Crippen LogP contribution in [0.4, 0.5) is 5.13 Å². The molecule has 0 aliphatic carbocycles. The zero-order chi connectivity index (χ0) is 26.0. The van der Waals surface area contributed by atoms with Gasteiger partial charge in [-0.3, -0.25) is 9.59 Å². The van der Waals surface area contributed by atoms with Crippen LogP contribution in [-0.4, -0.2) is 76.7 Å². The van der Waals surface area contributed by atoms with E-state index in [2.05, 4.69) is 19.8 Å². The quantitative estimate of drug-likeness (QED) is 0.137. The van der Waals surface area contributed by atoms with Gasteiger partial charge in [0.25, 0.3) is 11.8 Å². The van der Waals surface area contributed by atoms with Crippen molar-refractivity contribution in [3.63, 3.8) is 0 Å². The van der Waals surface area contributed by atoms with E-state index in [-0.39, 0.29) is 23.1 Å². The van der Waals surface area contributed by atoms with E-state index in [9.17, 15) is 19.2 Å². The number of rotatable bonds is 9. The molecule has 4 rings (SSSR count). The average molecular weight is 535 g/mol. The highest BCUT2D eigenvalue weighted by Gasteiger charge is 2.65. The molecular formula is C20H20N7O7S2+. The predicted molar refractivity (Wildman–Crippen MR) is 126 cm³/mol. The van der Waals surface area contributed by atoms with E-state index in [0.717, 1.165) is 11.5 Å². The number of carboxylic acids is 2. The Labute approximate surface area is 211 Å². The minimum atomic E-state index is -1.44. The number of amides is 2. The number of nitrogens with zero attached hydrogens (tertiary/aromatic N) is 5. The number of hydrogen-bond acceptors (Lipinski definition) is 11. The van der Waals surface area contributed by atoms with Gasteiger partial charge in [-0.2, -0.15) is 9.36 Å². The highest BCUT2D eigenvalue weighted by atomic mass is 32.2. The number of oxime groups is 1. The fraction of sp³-hybridized carbons (Fsp3) is 0.300. The second-order valence-electron chi connectivity index (χ2n) is 7.75. The molecule has 5 N–H and O–H groups in total. The molecule has 36 heavy (non-hydrogen) atoms. The molecule has 2 unspecified atom stereocenters. The smallest absolute Gasteiger partial charge is 0.347 e. The summed E-state index contributed by atoms with van der Waals surface area (Å²) >= 11 is 2.22. The monoisotopic (exact) mass is 534 g/mol. The summed E-state index contributed by atoms with van der Waals surface area (Å²) in [6, 6.07) is 2.76. The summed E-state index contributed by atoms with van der Waals surface area (Å²) in [5, 5.41) is 24.2. The summed E-state index contributed by atoms with van der Waals surface area (Å²) < 4.78 is 5.54. The van der Waals surface area contributed by atoms with E-state index in [1.165, 1.54) is 48.1 Å². The Kier molecular flexibility index (Phi) is 6.89. The summed E-state index contributed by atoms with van der Waals surface area (Å²) in [5.74, 6) is -3.28. The predicted octanol–water partition coefficient (Wildman–Crippen LogP) is -0.716. The Morgan fingerprint density at radius 2 is 2.11 bits per heavy atom. The van der Waals surface area contributed by atoms with Gasteiger partial charge in [0.1, 0.15) is 5.37 Å². The molecule has 2 aliphatic heterocycles. The second kappa shape index (κ2) is 9.90. The molecule has 1 saturated heterocycles. The van der Waals surface area contributed by atoms with Crippen molar-refractivity contribution in [3.05, 3.63) is 48.2 Å². The first-order chi connectivity index (χ1) is 17.1. The molecule has 2 aliphatic rings. The van der Waals surface area contributed by atoms with Crippen molar-refractivity contribution >= 4 is 57.9 Å². The highest BCUT2D eigenvalue weighted by Crippen LogP contribution is 2.41. The van der Waals surface area contributed by atoms with Crippen LogP contribution in [0.3, 0.4) is 0 Å². The molecule has 2 amide bonds. The van der Waals surface area contributed by atoms with E-state index in [4.69, 9.17) is 20.8 Å². The Hall–Kier alpha value is -4.05. The van der Waals surface area contributed by atoms with Crippen LogP contribution < -0.4 is 15.6 Å². The Morgan fingerprint density at radius 3 is 2.72 bits per heavy atom. The molecule has 0 saturated carbocycles. The highest BCUT2D eigenvalue weighted by molar-refractivity contribution is 8.00. The van der Waals surface area contributed by atoms with E-state index in [1.54, 1.807) is 10.8 Å². The normalized spacial score (nSPS) is 21.8. The van der Waals surface area contributed by atoms with Gasteiger partial charge in [-0.1, -0.05) is 11.2 Å². The minimum Gasteiger partial charge on any atom is -0.478 e. The molecule has 3 atom stereocenters. The number of thioether (sulfide) groups is 1. The van der Waals surface area contributed by atoms with Crippen molar-refractivity contribution in [3.8, 4) is 0 Å². The number of hydrogen-bond donors (Lipinski definition) is 4. The number of aromatic nitrogens is 3. The van der Waals surface area contributed by atoms with Crippen molar-refractivity contribution < 1.29 is 38.8 Å². The van der Waals surface area contributed by atoms with Gasteiger partial charge in [0.2, 0.25) is 23.2 Å². The molecule has 188 valence electrons. The second-order valence-corrected chi connectivity index (χ2v) is 9.65. The summed E-state index contributed by atoms with van der Waals surface area (Å²) in [6.45, 7) is 1.20. The van der Waals surface area contributed by atoms with Gasteiger partial charge in [-0.05, 0) is 6.92 Å². The Morgan fingerprint density at radius 1 is 1.39 bits per heavy atom. The van der Waals surface area contributed by atoms with Crippen molar-refractivity contribution in [1.29, 1.82) is 0 Å². The number of aliphatic carboxylic acids is 1.